The highest BCUT2D eigenvalue weighted by molar-refractivity contribution is 7.89. The highest BCUT2D eigenvalue weighted by atomic mass is 32.2. The minimum atomic E-state index is -3.45. The first-order valence-corrected chi connectivity index (χ1v) is 9.55. The quantitative estimate of drug-likeness (QED) is 0.772. The molecule has 130 valence electrons. The Bertz CT molecular complexity index is 752. The molecule has 0 fully saturated rings. The summed E-state index contributed by atoms with van der Waals surface area (Å²) in [5.41, 5.74) is 2.41. The number of pyridine rings is 1. The lowest BCUT2D eigenvalue weighted by Crippen LogP contribution is -2.30. The first-order valence-electron chi connectivity index (χ1n) is 8.11. The summed E-state index contributed by atoms with van der Waals surface area (Å²) in [6, 6.07) is 11.7. The van der Waals surface area contributed by atoms with Gasteiger partial charge in [-0.25, -0.2) is 13.4 Å². The van der Waals surface area contributed by atoms with Crippen LogP contribution in [0.15, 0.2) is 47.5 Å². The average Bonchev–Trinajstić information content (AvgIpc) is 2.58. The molecule has 0 saturated heterocycles. The monoisotopic (exact) mass is 347 g/mol. The molecule has 24 heavy (non-hydrogen) atoms. The van der Waals surface area contributed by atoms with Crippen molar-refractivity contribution in [3.63, 3.8) is 0 Å². The van der Waals surface area contributed by atoms with E-state index in [1.807, 2.05) is 25.8 Å². The smallest absolute Gasteiger partial charge is 0.244 e. The maximum absolute atomic E-state index is 12.5. The van der Waals surface area contributed by atoms with E-state index in [-0.39, 0.29) is 4.90 Å². The number of aromatic nitrogens is 1. The van der Waals surface area contributed by atoms with Gasteiger partial charge in [0.15, 0.2) is 0 Å². The van der Waals surface area contributed by atoms with Crippen molar-refractivity contribution in [3.05, 3.63) is 53.7 Å². The fourth-order valence-corrected chi connectivity index (χ4v) is 3.92. The Morgan fingerprint density at radius 3 is 2.12 bits per heavy atom. The average molecular weight is 347 g/mol. The first kappa shape index (κ1) is 18.4. The molecule has 2 aromatic rings. The van der Waals surface area contributed by atoms with Gasteiger partial charge in [-0.05, 0) is 24.6 Å². The largest absolute Gasteiger partial charge is 0.355 e. The number of nitrogens with zero attached hydrogens (tertiary/aromatic N) is 3. The predicted molar refractivity (Wildman–Crippen MR) is 97.6 cm³/mol. The first-order chi connectivity index (χ1) is 11.4. The van der Waals surface area contributed by atoms with E-state index in [2.05, 4.69) is 36.2 Å². The van der Waals surface area contributed by atoms with Gasteiger partial charge in [0.1, 0.15) is 10.7 Å². The van der Waals surface area contributed by atoms with Crippen molar-refractivity contribution in [1.82, 2.24) is 9.29 Å². The number of sulfonamides is 1. The second kappa shape index (κ2) is 7.77. The Labute approximate surface area is 145 Å². The van der Waals surface area contributed by atoms with Crippen LogP contribution in [0.4, 0.5) is 5.82 Å². The normalized spacial score (nSPS) is 11.7. The van der Waals surface area contributed by atoms with Crippen molar-refractivity contribution in [3.8, 4) is 0 Å². The molecule has 0 saturated carbocycles. The molecule has 0 N–H and O–H groups in total. The summed E-state index contributed by atoms with van der Waals surface area (Å²) in [5.74, 6) is 0.745. The number of rotatable bonds is 7. The van der Waals surface area contributed by atoms with Gasteiger partial charge in [0.2, 0.25) is 10.0 Å². The molecule has 6 heteroatoms. The molecule has 0 bridgehead atoms. The van der Waals surface area contributed by atoms with E-state index in [0.717, 1.165) is 12.4 Å². The van der Waals surface area contributed by atoms with Crippen molar-refractivity contribution in [2.24, 2.45) is 0 Å². The van der Waals surface area contributed by atoms with Crippen LogP contribution in [-0.4, -0.2) is 37.8 Å². The van der Waals surface area contributed by atoms with Gasteiger partial charge >= 0.3 is 0 Å². The van der Waals surface area contributed by atoms with Crippen LogP contribution in [0.3, 0.4) is 0 Å². The molecule has 0 spiro atoms. The second-order valence-electron chi connectivity index (χ2n) is 5.78. The van der Waals surface area contributed by atoms with E-state index in [1.165, 1.54) is 21.6 Å². The number of aryl methyl sites for hydroxylation is 1. The Morgan fingerprint density at radius 2 is 1.62 bits per heavy atom. The molecule has 0 radical (unpaired) electrons. The molecule has 1 aromatic heterocycles. The molecule has 5 nitrogen and oxygen atoms in total. The number of anilines is 1. The highest BCUT2D eigenvalue weighted by Gasteiger charge is 2.22. The van der Waals surface area contributed by atoms with Crippen LogP contribution in [0.5, 0.6) is 0 Å². The summed E-state index contributed by atoms with van der Waals surface area (Å²) in [5, 5.41) is 0. The topological polar surface area (TPSA) is 53.5 Å². The third-order valence-corrected chi connectivity index (χ3v) is 6.03. The maximum atomic E-state index is 12.5. The molecule has 1 heterocycles. The fourth-order valence-electron chi connectivity index (χ4n) is 2.51. The lowest BCUT2D eigenvalue weighted by atomic mass is 10.1. The van der Waals surface area contributed by atoms with E-state index >= 15 is 0 Å². The van der Waals surface area contributed by atoms with Crippen LogP contribution in [0.2, 0.25) is 0 Å². The van der Waals surface area contributed by atoms with Crippen LogP contribution < -0.4 is 4.90 Å². The van der Waals surface area contributed by atoms with Crippen molar-refractivity contribution in [2.45, 2.75) is 32.2 Å². The van der Waals surface area contributed by atoms with Gasteiger partial charge in [0.05, 0.1) is 0 Å². The van der Waals surface area contributed by atoms with Gasteiger partial charge < -0.3 is 4.90 Å². The van der Waals surface area contributed by atoms with Crippen molar-refractivity contribution < 1.29 is 8.42 Å². The van der Waals surface area contributed by atoms with E-state index in [1.54, 1.807) is 12.1 Å². The Balaban J connectivity index is 2.15. The molecule has 2 rings (SSSR count). The summed E-state index contributed by atoms with van der Waals surface area (Å²) in [6.07, 6.45) is 1.44. The molecule has 0 aliphatic heterocycles. The molecule has 0 unspecified atom stereocenters. The van der Waals surface area contributed by atoms with Gasteiger partial charge in [0.25, 0.3) is 0 Å². The molecular formula is C18H25N3O2S. The summed E-state index contributed by atoms with van der Waals surface area (Å²) < 4.78 is 26.4. The summed E-state index contributed by atoms with van der Waals surface area (Å²) in [4.78, 5) is 6.56. The third kappa shape index (κ3) is 4.13. The van der Waals surface area contributed by atoms with E-state index in [0.29, 0.717) is 13.1 Å². The second-order valence-corrected chi connectivity index (χ2v) is 7.72. The lowest BCUT2D eigenvalue weighted by Gasteiger charge is -2.20. The minimum absolute atomic E-state index is 0.235. The van der Waals surface area contributed by atoms with Gasteiger partial charge in [-0.15, -0.1) is 0 Å². The van der Waals surface area contributed by atoms with Crippen LogP contribution in [0.1, 0.15) is 25.0 Å². The number of benzene rings is 1. The summed E-state index contributed by atoms with van der Waals surface area (Å²) >= 11 is 0. The zero-order valence-electron chi connectivity index (χ0n) is 14.7. The molecule has 0 aliphatic carbocycles. The zero-order valence-corrected chi connectivity index (χ0v) is 15.5. The molecule has 0 aliphatic rings. The summed E-state index contributed by atoms with van der Waals surface area (Å²) in [7, 11) is -1.51. The van der Waals surface area contributed by atoms with E-state index < -0.39 is 10.0 Å². The Morgan fingerprint density at radius 1 is 1.00 bits per heavy atom. The fraction of sp³-hybridized carbons (Fsp3) is 0.389. The Kier molecular flexibility index (Phi) is 5.96. The van der Waals surface area contributed by atoms with Crippen molar-refractivity contribution in [2.75, 3.05) is 25.0 Å². The van der Waals surface area contributed by atoms with Crippen LogP contribution >= 0.6 is 0 Å². The molecule has 0 amide bonds. The standard InChI is InChI=1S/C18H25N3O2S/c1-5-21(6-2)24(22,23)17-11-12-18(19-13-17)20(4)14-16-9-7-15(3)8-10-16/h7-13H,5-6,14H2,1-4H3. The van der Waals surface area contributed by atoms with Crippen molar-refractivity contribution in [1.29, 1.82) is 0 Å². The minimum Gasteiger partial charge on any atom is -0.355 e. The highest BCUT2D eigenvalue weighted by Crippen LogP contribution is 2.18. The molecule has 1 aromatic carbocycles. The molecular weight excluding hydrogens is 322 g/mol. The van der Waals surface area contributed by atoms with Gasteiger partial charge in [0, 0.05) is 32.9 Å². The van der Waals surface area contributed by atoms with E-state index in [4.69, 9.17) is 0 Å². The lowest BCUT2D eigenvalue weighted by molar-refractivity contribution is 0.445. The third-order valence-electron chi connectivity index (χ3n) is 4.00. The predicted octanol–water partition coefficient (Wildman–Crippen LogP) is 3.06. The Hall–Kier alpha value is -1.92. The van der Waals surface area contributed by atoms with E-state index in [9.17, 15) is 8.42 Å². The molecule has 0 atom stereocenters. The summed E-state index contributed by atoms with van der Waals surface area (Å²) in [6.45, 7) is 7.34. The van der Waals surface area contributed by atoms with Gasteiger partial charge in [-0.3, -0.25) is 0 Å². The number of hydrogen-bond donors (Lipinski definition) is 0. The van der Waals surface area contributed by atoms with Crippen LogP contribution in [-0.2, 0) is 16.6 Å². The zero-order chi connectivity index (χ0) is 17.7. The van der Waals surface area contributed by atoms with Crippen LogP contribution in [0.25, 0.3) is 0 Å². The van der Waals surface area contributed by atoms with Crippen molar-refractivity contribution >= 4 is 15.8 Å². The number of hydrogen-bond acceptors (Lipinski definition) is 4. The van der Waals surface area contributed by atoms with Gasteiger partial charge in [-0.1, -0.05) is 43.7 Å². The maximum Gasteiger partial charge on any atom is 0.244 e. The SMILES string of the molecule is CCN(CC)S(=O)(=O)c1ccc(N(C)Cc2ccc(C)cc2)nc1. The van der Waals surface area contributed by atoms with Gasteiger partial charge in [-0.2, -0.15) is 4.31 Å². The van der Waals surface area contributed by atoms with Crippen LogP contribution in [0, 0.1) is 6.92 Å².